The van der Waals surface area contributed by atoms with Crippen LogP contribution in [0.3, 0.4) is 0 Å². The van der Waals surface area contributed by atoms with Crippen LogP contribution in [0.1, 0.15) is 28.9 Å². The SMILES string of the molecule is CC(Nc1ccc(C(=O)Nc2ccc3c(c2)OCCO3)cn1)c1ccccc1. The van der Waals surface area contributed by atoms with E-state index in [1.165, 1.54) is 5.56 Å². The molecule has 0 fully saturated rings. The molecule has 1 aliphatic heterocycles. The third kappa shape index (κ3) is 4.06. The molecule has 3 aromatic rings. The minimum atomic E-state index is -0.230. The highest BCUT2D eigenvalue weighted by atomic mass is 16.6. The summed E-state index contributed by atoms with van der Waals surface area (Å²) in [6.07, 6.45) is 1.56. The number of fused-ring (bicyclic) bond motifs is 1. The molecule has 6 heteroatoms. The molecule has 28 heavy (non-hydrogen) atoms. The Balaban J connectivity index is 1.40. The molecule has 1 atom stereocenters. The lowest BCUT2D eigenvalue weighted by Crippen LogP contribution is -2.16. The number of pyridine rings is 1. The smallest absolute Gasteiger partial charge is 0.257 e. The summed E-state index contributed by atoms with van der Waals surface area (Å²) in [6.45, 7) is 3.11. The molecule has 0 aliphatic carbocycles. The highest BCUT2D eigenvalue weighted by molar-refractivity contribution is 6.04. The van der Waals surface area contributed by atoms with Crippen molar-refractivity contribution in [3.63, 3.8) is 0 Å². The zero-order chi connectivity index (χ0) is 19.3. The van der Waals surface area contributed by atoms with Crippen LogP contribution in [0.5, 0.6) is 11.5 Å². The maximum atomic E-state index is 12.5. The molecule has 0 saturated carbocycles. The predicted octanol–water partition coefficient (Wildman–Crippen LogP) is 4.28. The van der Waals surface area contributed by atoms with Crippen molar-refractivity contribution in [2.24, 2.45) is 0 Å². The lowest BCUT2D eigenvalue weighted by atomic mass is 10.1. The number of carbonyl (C=O) groups excluding carboxylic acids is 1. The molecule has 0 bridgehead atoms. The van der Waals surface area contributed by atoms with Gasteiger partial charge in [-0.1, -0.05) is 30.3 Å². The maximum absolute atomic E-state index is 12.5. The number of aromatic nitrogens is 1. The first-order valence-corrected chi connectivity index (χ1v) is 9.17. The van der Waals surface area contributed by atoms with E-state index in [2.05, 4.69) is 34.7 Å². The maximum Gasteiger partial charge on any atom is 0.257 e. The molecule has 1 unspecified atom stereocenters. The number of anilines is 2. The van der Waals surface area contributed by atoms with Gasteiger partial charge in [0.05, 0.1) is 5.56 Å². The standard InChI is InChI=1S/C22H21N3O3/c1-15(16-5-3-2-4-6-16)24-21-10-7-17(14-23-21)22(26)25-18-8-9-19-20(13-18)28-12-11-27-19/h2-10,13-15H,11-12H2,1H3,(H,23,24)(H,25,26). The average Bonchev–Trinajstić information content (AvgIpc) is 2.75. The van der Waals surface area contributed by atoms with Gasteiger partial charge in [-0.15, -0.1) is 0 Å². The molecule has 4 rings (SSSR count). The van der Waals surface area contributed by atoms with Crippen molar-refractivity contribution in [2.45, 2.75) is 13.0 Å². The lowest BCUT2D eigenvalue weighted by Gasteiger charge is -2.19. The van der Waals surface area contributed by atoms with Crippen LogP contribution in [0.15, 0.2) is 66.9 Å². The Hall–Kier alpha value is -3.54. The summed E-state index contributed by atoms with van der Waals surface area (Å²) in [6, 6.07) is 19.1. The van der Waals surface area contributed by atoms with Crippen LogP contribution in [0.4, 0.5) is 11.5 Å². The Morgan fingerprint density at radius 3 is 2.54 bits per heavy atom. The summed E-state index contributed by atoms with van der Waals surface area (Å²) >= 11 is 0. The van der Waals surface area contributed by atoms with Gasteiger partial charge >= 0.3 is 0 Å². The Kier molecular flexibility index (Phi) is 5.10. The monoisotopic (exact) mass is 375 g/mol. The quantitative estimate of drug-likeness (QED) is 0.696. The fraction of sp³-hybridized carbons (Fsp3) is 0.182. The summed E-state index contributed by atoms with van der Waals surface area (Å²) in [5, 5.41) is 6.19. The first-order valence-electron chi connectivity index (χ1n) is 9.17. The normalized spacial score (nSPS) is 13.5. The van der Waals surface area contributed by atoms with E-state index >= 15 is 0 Å². The summed E-state index contributed by atoms with van der Waals surface area (Å²) in [5.74, 6) is 1.81. The number of amides is 1. The summed E-state index contributed by atoms with van der Waals surface area (Å²) in [4.78, 5) is 16.9. The second-order valence-corrected chi connectivity index (χ2v) is 6.52. The van der Waals surface area contributed by atoms with Crippen LogP contribution in [-0.2, 0) is 0 Å². The molecular formula is C22H21N3O3. The minimum Gasteiger partial charge on any atom is -0.486 e. The summed E-state index contributed by atoms with van der Waals surface area (Å²) in [7, 11) is 0. The zero-order valence-corrected chi connectivity index (χ0v) is 15.5. The van der Waals surface area contributed by atoms with Gasteiger partial charge in [-0.2, -0.15) is 0 Å². The highest BCUT2D eigenvalue weighted by Gasteiger charge is 2.14. The second kappa shape index (κ2) is 8.00. The van der Waals surface area contributed by atoms with Crippen LogP contribution in [0, 0.1) is 0 Å². The molecule has 2 heterocycles. The molecule has 1 aromatic heterocycles. The number of nitrogens with zero attached hydrogens (tertiary/aromatic N) is 1. The fourth-order valence-corrected chi connectivity index (χ4v) is 2.98. The van der Waals surface area contributed by atoms with Gasteiger partial charge in [-0.05, 0) is 36.8 Å². The molecule has 2 aromatic carbocycles. The topological polar surface area (TPSA) is 72.5 Å². The zero-order valence-electron chi connectivity index (χ0n) is 15.5. The van der Waals surface area contributed by atoms with E-state index in [0.717, 1.165) is 0 Å². The van der Waals surface area contributed by atoms with Crippen molar-refractivity contribution >= 4 is 17.4 Å². The van der Waals surface area contributed by atoms with E-state index < -0.39 is 0 Å². The Bertz CT molecular complexity index is 959. The van der Waals surface area contributed by atoms with Crippen molar-refractivity contribution in [1.82, 2.24) is 4.98 Å². The number of hydrogen-bond acceptors (Lipinski definition) is 5. The van der Waals surface area contributed by atoms with Gasteiger partial charge < -0.3 is 20.1 Å². The molecule has 0 spiro atoms. The lowest BCUT2D eigenvalue weighted by molar-refractivity contribution is 0.102. The average molecular weight is 375 g/mol. The van der Waals surface area contributed by atoms with E-state index in [9.17, 15) is 4.79 Å². The van der Waals surface area contributed by atoms with Crippen LogP contribution >= 0.6 is 0 Å². The van der Waals surface area contributed by atoms with Gasteiger partial charge in [0.15, 0.2) is 11.5 Å². The summed E-state index contributed by atoms with van der Waals surface area (Å²) < 4.78 is 11.0. The van der Waals surface area contributed by atoms with E-state index in [4.69, 9.17) is 9.47 Å². The first-order chi connectivity index (χ1) is 13.7. The molecule has 2 N–H and O–H groups in total. The van der Waals surface area contributed by atoms with Crippen molar-refractivity contribution in [2.75, 3.05) is 23.8 Å². The number of carbonyl (C=O) groups is 1. The highest BCUT2D eigenvalue weighted by Crippen LogP contribution is 2.32. The molecule has 142 valence electrons. The third-order valence-electron chi connectivity index (χ3n) is 4.49. The summed E-state index contributed by atoms with van der Waals surface area (Å²) in [5.41, 5.74) is 2.30. The number of rotatable bonds is 5. The third-order valence-corrected chi connectivity index (χ3v) is 4.49. The van der Waals surface area contributed by atoms with Gasteiger partial charge in [-0.3, -0.25) is 4.79 Å². The van der Waals surface area contributed by atoms with Gasteiger partial charge in [0.2, 0.25) is 0 Å². The number of hydrogen-bond donors (Lipinski definition) is 2. The minimum absolute atomic E-state index is 0.117. The first kappa shape index (κ1) is 17.9. The van der Waals surface area contributed by atoms with Crippen molar-refractivity contribution in [1.29, 1.82) is 0 Å². The van der Waals surface area contributed by atoms with E-state index in [0.29, 0.717) is 41.8 Å². The van der Waals surface area contributed by atoms with Crippen LogP contribution < -0.4 is 20.1 Å². The van der Waals surface area contributed by atoms with E-state index in [-0.39, 0.29) is 11.9 Å². The molecule has 6 nitrogen and oxygen atoms in total. The van der Waals surface area contributed by atoms with Crippen LogP contribution in [0.2, 0.25) is 0 Å². The van der Waals surface area contributed by atoms with E-state index in [1.807, 2.05) is 18.2 Å². The number of ether oxygens (including phenoxy) is 2. The van der Waals surface area contributed by atoms with Crippen molar-refractivity contribution in [3.05, 3.63) is 78.0 Å². The van der Waals surface area contributed by atoms with Gasteiger partial charge in [0, 0.05) is 24.0 Å². The number of benzene rings is 2. The van der Waals surface area contributed by atoms with Crippen molar-refractivity contribution < 1.29 is 14.3 Å². The fourth-order valence-electron chi connectivity index (χ4n) is 2.98. The van der Waals surface area contributed by atoms with Gasteiger partial charge in [-0.25, -0.2) is 4.98 Å². The largest absolute Gasteiger partial charge is 0.486 e. The molecule has 1 amide bonds. The van der Waals surface area contributed by atoms with E-state index in [1.54, 1.807) is 36.5 Å². The van der Waals surface area contributed by atoms with Gasteiger partial charge in [0.1, 0.15) is 19.0 Å². The van der Waals surface area contributed by atoms with Crippen LogP contribution in [-0.4, -0.2) is 24.1 Å². The second-order valence-electron chi connectivity index (χ2n) is 6.52. The predicted molar refractivity (Wildman–Crippen MR) is 108 cm³/mol. The van der Waals surface area contributed by atoms with Gasteiger partial charge in [0.25, 0.3) is 5.91 Å². The Labute approximate surface area is 163 Å². The Morgan fingerprint density at radius 2 is 1.79 bits per heavy atom. The molecule has 1 aliphatic rings. The molecular weight excluding hydrogens is 354 g/mol. The van der Waals surface area contributed by atoms with Crippen molar-refractivity contribution in [3.8, 4) is 11.5 Å². The molecule has 0 radical (unpaired) electrons. The Morgan fingerprint density at radius 1 is 1.00 bits per heavy atom. The van der Waals surface area contributed by atoms with Crippen LogP contribution in [0.25, 0.3) is 0 Å². The number of nitrogens with one attached hydrogen (secondary N) is 2. The molecule has 0 saturated heterocycles.